The van der Waals surface area contributed by atoms with Crippen LogP contribution in [-0.2, 0) is 110 Å². The fourth-order valence-electron chi connectivity index (χ4n) is 12.3. The van der Waals surface area contributed by atoms with Crippen LogP contribution >= 0.6 is 34.4 Å². The average molecular weight is 1730 g/mol. The first-order chi connectivity index (χ1) is 56.5. The fraction of sp³-hybridized carbons (Fsp3) is 0.539. The maximum Gasteiger partial charge on any atom is 0.305 e. The summed E-state index contributed by atoms with van der Waals surface area (Å²) in [7, 11) is 0. The third-order valence-corrected chi connectivity index (χ3v) is 22.1. The molecule has 654 valence electrons. The molecule has 0 saturated heterocycles. The van der Waals surface area contributed by atoms with Gasteiger partial charge in [0.1, 0.15) is 88.2 Å². The van der Waals surface area contributed by atoms with Gasteiger partial charge in [0.15, 0.2) is 11.6 Å². The third kappa shape index (κ3) is 32.1. The first-order valence-electron chi connectivity index (χ1n) is 38.3. The summed E-state index contributed by atoms with van der Waals surface area (Å²) in [4.78, 5) is 263. The number of aliphatic carboxylic acids is 3. The molecule has 23 N–H and O–H groups in total. The highest BCUT2D eigenvalue weighted by Crippen LogP contribution is 2.30. The minimum absolute atomic E-state index is 0.0672. The molecule has 2 aliphatic rings. The quantitative estimate of drug-likeness (QED) is 0.0242. The minimum atomic E-state index is -2.01. The van der Waals surface area contributed by atoms with Gasteiger partial charge in [0, 0.05) is 56.1 Å². The number of nitrogens with zero attached hydrogens (tertiary/aromatic N) is 2. The Balaban J connectivity index is 1.31. The van der Waals surface area contributed by atoms with Gasteiger partial charge in [0.25, 0.3) is 0 Å². The van der Waals surface area contributed by atoms with Gasteiger partial charge in [-0.15, -0.1) is 34.4 Å². The van der Waals surface area contributed by atoms with Crippen LogP contribution in [-0.4, -0.2) is 240 Å². The number of aliphatic imine (C=N–C) groups is 1. The SMILES string of the molecule is CC(C)C[C@H](NC(=O)[C@H](CC(=O)O)NC(=O)[C@H](CCCCN)NC(=O)[C@@H](CC(=O)[C@H](C)NC(=O)[C@H](C)CC(=O)[C@H]1Cc2csc(c2)C2=N[C@@H](CS2)C(=O)N[C@@H](CC(=O)O)C(=O)N[C@@H](CO)C(=O)N[C@@H](Cc2ccc(O)cc2)C(=O)N1)C(C)C)C(=O)N[C@@H](CCC(=O)O)C(=O)N[C@@H](CC(N)=O)C(=O)N[C@@H](C)C(=O)N[C@@H](Cc1csc(C#N)c1)C(N)=O. The number of Topliss-reactive ketones (excluding diaryl/α,β-unsaturated/α-hetero) is 2. The number of carboxylic acid groups (broad SMARTS) is 3. The van der Waals surface area contributed by atoms with Crippen molar-refractivity contribution >= 4 is 152 Å². The lowest BCUT2D eigenvalue weighted by Gasteiger charge is -2.28. The highest BCUT2D eigenvalue weighted by Gasteiger charge is 2.40. The predicted octanol–water partition coefficient (Wildman–Crippen LogP) is -3.68. The number of phenolic OH excluding ortho intramolecular Hbond substituents is 1. The van der Waals surface area contributed by atoms with Gasteiger partial charge in [0.2, 0.25) is 82.7 Å². The van der Waals surface area contributed by atoms with Crippen LogP contribution in [0.25, 0.3) is 0 Å². The molecule has 2 aromatic heterocycles. The van der Waals surface area contributed by atoms with E-state index in [0.717, 1.165) is 11.3 Å². The standard InChI is InChI=1S/C76H103N17O24S3/c1-34(2)18-49(70(112)84-46(15-16-60(99)100)68(110)89-51(26-59(79)98)69(111)82-38(7)65(107)86-48(63(80)105)23-40-20-43(29-78)118-31-40)87-72(114)52(27-61(101)102)90-67(109)45(10-8-9-17-77)83-66(108)44(35(3)4)25-56(96)37(6)81-64(106)36(5)19-57(97)47-22-41-24-58(119-32-41)76-93-55(33-120-76)75(117)91-53(28-62(103)104)73(115)92-54(30-94)74(116)88-50(71(113)85-47)21-39-11-13-42(95)14-12-39/h11-14,20,24,31-32,34-38,44-55,94-95H,8-10,15-19,21-23,25-28,30,33,77H2,1-7H3,(H2,79,98)(H2,80,105)(H,81,106)(H,82,111)(H,83,108)(H,84,112)(H,85,113)(H,86,107)(H,87,114)(H,88,116)(H,89,110)(H,90,109)(H,91,117)(H,92,115)(H,99,100)(H,101,102)(H,103,104)/t36-,37+,38+,44+,45+,46+,47-,48+,49+,50+,51+,52+,53+,54+,55+/m1/s1. The number of carbonyl (C=O) groups is 19. The Morgan fingerprint density at radius 1 is 0.575 bits per heavy atom. The number of aliphatic hydroxyl groups is 1. The number of thioether (sulfide) groups is 1. The van der Waals surface area contributed by atoms with Gasteiger partial charge in [-0.1, -0.05) is 46.8 Å². The molecule has 5 rings (SSSR count). The van der Waals surface area contributed by atoms with E-state index in [1.807, 2.05) is 6.07 Å². The second kappa shape index (κ2) is 47.7. The summed E-state index contributed by atoms with van der Waals surface area (Å²) >= 11 is 3.41. The molecule has 41 nitrogen and oxygen atoms in total. The van der Waals surface area contributed by atoms with Gasteiger partial charge >= 0.3 is 17.9 Å². The van der Waals surface area contributed by atoms with E-state index in [4.69, 9.17) is 17.2 Å². The number of aliphatic hydroxyl groups excluding tert-OH is 1. The molecule has 0 spiro atoms. The number of benzene rings is 1. The topological polar surface area (TPSA) is 684 Å². The lowest BCUT2D eigenvalue weighted by molar-refractivity contribution is -0.142. The van der Waals surface area contributed by atoms with E-state index in [-0.39, 0.29) is 63.0 Å². The van der Waals surface area contributed by atoms with Crippen molar-refractivity contribution < 1.29 is 117 Å². The van der Waals surface area contributed by atoms with Crippen LogP contribution < -0.4 is 81.0 Å². The number of primary amides is 2. The molecule has 3 aromatic rings. The van der Waals surface area contributed by atoms with Crippen LogP contribution in [0.2, 0.25) is 0 Å². The van der Waals surface area contributed by atoms with Crippen LogP contribution in [0.1, 0.15) is 146 Å². The van der Waals surface area contributed by atoms with Gasteiger partial charge in [-0.2, -0.15) is 5.26 Å². The largest absolute Gasteiger partial charge is 0.508 e. The second-order valence-corrected chi connectivity index (χ2v) is 32.6. The number of hydrogen-bond donors (Lipinski definition) is 20. The number of thiophene rings is 2. The first kappa shape index (κ1) is 98.8. The summed E-state index contributed by atoms with van der Waals surface area (Å²) in [6.07, 6.45) is -6.31. The number of nitrogens with one attached hydrogen (secondary N) is 12. The summed E-state index contributed by atoms with van der Waals surface area (Å²) in [6, 6.07) is -10.4. The Bertz CT molecular complexity index is 4360. The normalized spacial score (nSPS) is 18.8. The summed E-state index contributed by atoms with van der Waals surface area (Å²) in [6.45, 7) is 9.23. The molecular formula is C76H103N17O24S3. The number of nitriles is 1. The van der Waals surface area contributed by atoms with Crippen LogP contribution in [0.5, 0.6) is 5.75 Å². The molecule has 0 fully saturated rings. The predicted molar refractivity (Wildman–Crippen MR) is 430 cm³/mol. The third-order valence-electron chi connectivity index (χ3n) is 19.0. The van der Waals surface area contributed by atoms with Crippen molar-refractivity contribution in [2.24, 2.45) is 45.9 Å². The number of phenols is 1. The van der Waals surface area contributed by atoms with Gasteiger partial charge in [0.05, 0.1) is 42.8 Å². The highest BCUT2D eigenvalue weighted by atomic mass is 32.2. The van der Waals surface area contributed by atoms with Crippen LogP contribution in [0.3, 0.4) is 0 Å². The molecule has 0 aliphatic carbocycles. The highest BCUT2D eigenvalue weighted by molar-refractivity contribution is 8.15. The number of fused-ring (bicyclic) bond motifs is 4. The lowest BCUT2D eigenvalue weighted by atomic mass is 9.87. The zero-order valence-electron chi connectivity index (χ0n) is 66.8. The molecule has 15 atom stereocenters. The Labute approximate surface area is 701 Å². The average Bonchev–Trinajstić information content (AvgIpc) is 1.68. The number of carboxylic acids is 3. The summed E-state index contributed by atoms with van der Waals surface area (Å²) < 4.78 is 0. The van der Waals surface area contributed by atoms with E-state index in [9.17, 15) is 122 Å². The number of nitrogens with two attached hydrogens (primary N) is 3. The van der Waals surface area contributed by atoms with Crippen molar-refractivity contribution in [3.8, 4) is 11.8 Å². The summed E-state index contributed by atoms with van der Waals surface area (Å²) in [5.41, 5.74) is 18.0. The van der Waals surface area contributed by atoms with Gasteiger partial charge in [-0.3, -0.25) is 96.1 Å². The molecule has 14 amide bonds. The van der Waals surface area contributed by atoms with Crippen molar-refractivity contribution in [3.05, 3.63) is 73.6 Å². The zero-order valence-corrected chi connectivity index (χ0v) is 69.2. The van der Waals surface area contributed by atoms with Crippen molar-refractivity contribution in [1.29, 1.82) is 5.26 Å². The number of rotatable bonds is 44. The van der Waals surface area contributed by atoms with Gasteiger partial charge in [-0.05, 0) is 116 Å². The second-order valence-electron chi connectivity index (χ2n) is 29.8. The van der Waals surface area contributed by atoms with Gasteiger partial charge in [-0.25, -0.2) is 0 Å². The molecule has 4 heterocycles. The molecule has 4 bridgehead atoms. The number of unbranched alkanes of at least 4 members (excludes halogenated alkanes) is 1. The number of carbonyl (C=O) groups excluding carboxylic acids is 16. The van der Waals surface area contributed by atoms with E-state index in [0.29, 0.717) is 31.5 Å². The number of amides is 14. The molecule has 44 heteroatoms. The maximum absolute atomic E-state index is 14.6. The monoisotopic (exact) mass is 1730 g/mol. The Morgan fingerprint density at radius 2 is 1.13 bits per heavy atom. The van der Waals surface area contributed by atoms with Gasteiger partial charge < -0.3 is 107 Å². The summed E-state index contributed by atoms with van der Waals surface area (Å²) in [5, 5.41) is 91.3. The zero-order chi connectivity index (χ0) is 89.5. The molecule has 120 heavy (non-hydrogen) atoms. The van der Waals surface area contributed by atoms with E-state index >= 15 is 0 Å². The molecule has 1 aromatic carbocycles. The first-order valence-corrected chi connectivity index (χ1v) is 41.0. The maximum atomic E-state index is 14.6. The van der Waals surface area contributed by atoms with Crippen LogP contribution in [0, 0.1) is 35.0 Å². The Hall–Kier alpha value is -11.8. The van der Waals surface area contributed by atoms with Crippen molar-refractivity contribution in [2.75, 3.05) is 18.9 Å². The molecule has 0 radical (unpaired) electrons. The number of ketones is 2. The fourth-order valence-corrected chi connectivity index (χ4v) is 15.1. The minimum Gasteiger partial charge on any atom is -0.508 e. The molecule has 0 saturated carbocycles. The number of aromatic hydroxyl groups is 1. The smallest absolute Gasteiger partial charge is 0.305 e. The van der Waals surface area contributed by atoms with E-state index in [2.05, 4.69) is 68.8 Å². The summed E-state index contributed by atoms with van der Waals surface area (Å²) in [5.74, 6) is -24.8. The van der Waals surface area contributed by atoms with Crippen molar-refractivity contribution in [2.45, 2.75) is 217 Å². The lowest BCUT2D eigenvalue weighted by Crippen LogP contribution is -2.60. The van der Waals surface area contributed by atoms with E-state index in [1.54, 1.807) is 44.5 Å². The van der Waals surface area contributed by atoms with Crippen LogP contribution in [0.15, 0.2) is 52.2 Å². The molecule has 2 aliphatic heterocycles. The Kier molecular flexibility index (Phi) is 39.2. The van der Waals surface area contributed by atoms with Crippen LogP contribution in [0.4, 0.5) is 0 Å². The number of hydrogen-bond acceptors (Lipinski definition) is 27. The van der Waals surface area contributed by atoms with E-state index < -0.39 is 266 Å². The molecular weight excluding hydrogens is 1630 g/mol. The Morgan fingerprint density at radius 3 is 1.72 bits per heavy atom. The van der Waals surface area contributed by atoms with E-state index in [1.165, 1.54) is 74.2 Å². The van der Waals surface area contributed by atoms with Crippen molar-refractivity contribution in [3.63, 3.8) is 0 Å². The molecule has 0 unspecified atom stereocenters. The van der Waals surface area contributed by atoms with Crippen molar-refractivity contribution in [1.82, 2.24) is 63.8 Å².